The second kappa shape index (κ2) is 6.50. The minimum Gasteiger partial charge on any atom is -0.368 e. The van der Waals surface area contributed by atoms with Crippen molar-refractivity contribution in [3.8, 4) is 0 Å². The fourth-order valence-electron chi connectivity index (χ4n) is 2.14. The molecule has 1 aromatic rings. The van der Waals surface area contributed by atoms with E-state index in [0.29, 0.717) is 0 Å². The van der Waals surface area contributed by atoms with Gasteiger partial charge < -0.3 is 9.80 Å². The van der Waals surface area contributed by atoms with Crippen LogP contribution in [0.2, 0.25) is 0 Å². The van der Waals surface area contributed by atoms with E-state index in [2.05, 4.69) is 55.8 Å². The van der Waals surface area contributed by atoms with Gasteiger partial charge in [0.05, 0.1) is 11.9 Å². The van der Waals surface area contributed by atoms with E-state index in [0.717, 1.165) is 43.7 Å². The van der Waals surface area contributed by atoms with Crippen molar-refractivity contribution in [2.75, 3.05) is 58.3 Å². The first kappa shape index (κ1) is 13.8. The highest BCUT2D eigenvalue weighted by molar-refractivity contribution is 9.10. The molecule has 0 bridgehead atoms. The summed E-state index contributed by atoms with van der Waals surface area (Å²) in [5.74, 6) is 0. The molecule has 1 aromatic heterocycles. The molecule has 1 aliphatic heterocycles. The number of halogens is 1. The molecule has 0 aliphatic carbocycles. The zero-order valence-electron chi connectivity index (χ0n) is 11.1. The SMILES string of the molecule is CN(C)CCN1CCN(c2cncc(Br)c2)CC1. The standard InChI is InChI=1S/C13H21BrN4/c1-16(2)3-4-17-5-7-18(8-6-17)13-9-12(14)10-15-11-13/h9-11H,3-8H2,1-2H3. The average Bonchev–Trinajstić information content (AvgIpc) is 2.37. The molecule has 2 heterocycles. The Labute approximate surface area is 118 Å². The van der Waals surface area contributed by atoms with Crippen LogP contribution in [-0.2, 0) is 0 Å². The van der Waals surface area contributed by atoms with E-state index in [1.54, 1.807) is 0 Å². The average molecular weight is 313 g/mol. The van der Waals surface area contributed by atoms with E-state index in [9.17, 15) is 0 Å². The molecule has 0 spiro atoms. The minimum atomic E-state index is 1.05. The van der Waals surface area contributed by atoms with Crippen molar-refractivity contribution in [2.45, 2.75) is 0 Å². The molecule has 2 rings (SSSR count). The van der Waals surface area contributed by atoms with Crippen molar-refractivity contribution in [2.24, 2.45) is 0 Å². The lowest BCUT2D eigenvalue weighted by molar-refractivity contribution is 0.229. The molecule has 1 fully saturated rings. The maximum absolute atomic E-state index is 4.23. The van der Waals surface area contributed by atoms with Gasteiger partial charge in [-0.25, -0.2) is 0 Å². The summed E-state index contributed by atoms with van der Waals surface area (Å²) in [4.78, 5) is 11.4. The summed E-state index contributed by atoms with van der Waals surface area (Å²) in [6.45, 7) is 6.76. The number of nitrogens with zero attached hydrogens (tertiary/aromatic N) is 4. The van der Waals surface area contributed by atoms with Crippen LogP contribution in [0.3, 0.4) is 0 Å². The van der Waals surface area contributed by atoms with Gasteiger partial charge in [-0.15, -0.1) is 0 Å². The van der Waals surface area contributed by atoms with Crippen molar-refractivity contribution < 1.29 is 0 Å². The molecule has 0 amide bonds. The molecule has 100 valence electrons. The second-order valence-electron chi connectivity index (χ2n) is 4.99. The molecule has 0 unspecified atom stereocenters. The predicted molar refractivity (Wildman–Crippen MR) is 79.1 cm³/mol. The number of hydrogen-bond donors (Lipinski definition) is 0. The van der Waals surface area contributed by atoms with E-state index < -0.39 is 0 Å². The Balaban J connectivity index is 1.83. The third-order valence-electron chi connectivity index (χ3n) is 3.29. The summed E-state index contributed by atoms with van der Waals surface area (Å²) < 4.78 is 1.05. The van der Waals surface area contributed by atoms with Gasteiger partial charge in [-0.1, -0.05) is 0 Å². The molecule has 18 heavy (non-hydrogen) atoms. The molecule has 0 radical (unpaired) electrons. The van der Waals surface area contributed by atoms with Gasteiger partial charge in [0.2, 0.25) is 0 Å². The first-order chi connectivity index (χ1) is 8.65. The summed E-state index contributed by atoms with van der Waals surface area (Å²) in [7, 11) is 4.26. The summed E-state index contributed by atoms with van der Waals surface area (Å²) in [6, 6.07) is 2.14. The monoisotopic (exact) mass is 312 g/mol. The first-order valence-corrected chi connectivity index (χ1v) is 7.17. The van der Waals surface area contributed by atoms with Gasteiger partial charge >= 0.3 is 0 Å². The minimum absolute atomic E-state index is 1.05. The van der Waals surface area contributed by atoms with Crippen molar-refractivity contribution in [1.82, 2.24) is 14.8 Å². The number of piperazine rings is 1. The largest absolute Gasteiger partial charge is 0.368 e. The van der Waals surface area contributed by atoms with Crippen LogP contribution in [0.4, 0.5) is 5.69 Å². The second-order valence-corrected chi connectivity index (χ2v) is 5.91. The van der Waals surface area contributed by atoms with Gasteiger partial charge in [-0.05, 0) is 36.1 Å². The molecule has 1 saturated heterocycles. The van der Waals surface area contributed by atoms with Gasteiger partial charge in [-0.3, -0.25) is 9.88 Å². The summed E-state index contributed by atoms with van der Waals surface area (Å²) in [5.41, 5.74) is 1.22. The van der Waals surface area contributed by atoms with Gasteiger partial charge in [0.15, 0.2) is 0 Å². The molecular formula is C13H21BrN4. The lowest BCUT2D eigenvalue weighted by Crippen LogP contribution is -2.48. The Kier molecular flexibility index (Phi) is 4.97. The Hall–Kier alpha value is -0.650. The number of aromatic nitrogens is 1. The fraction of sp³-hybridized carbons (Fsp3) is 0.615. The Morgan fingerprint density at radius 1 is 1.22 bits per heavy atom. The summed E-state index contributed by atoms with van der Waals surface area (Å²) in [6.07, 6.45) is 3.77. The van der Waals surface area contributed by atoms with Crippen LogP contribution >= 0.6 is 15.9 Å². The van der Waals surface area contributed by atoms with Crippen LogP contribution in [0.25, 0.3) is 0 Å². The van der Waals surface area contributed by atoms with Crippen molar-refractivity contribution >= 4 is 21.6 Å². The summed E-state index contributed by atoms with van der Waals surface area (Å²) >= 11 is 3.48. The third-order valence-corrected chi connectivity index (χ3v) is 3.72. The fourth-order valence-corrected chi connectivity index (χ4v) is 2.50. The van der Waals surface area contributed by atoms with Gasteiger partial charge in [-0.2, -0.15) is 0 Å². The van der Waals surface area contributed by atoms with Crippen LogP contribution in [0.5, 0.6) is 0 Å². The number of pyridine rings is 1. The predicted octanol–water partition coefficient (Wildman–Crippen LogP) is 1.53. The quantitative estimate of drug-likeness (QED) is 0.841. The lowest BCUT2D eigenvalue weighted by Gasteiger charge is -2.36. The van der Waals surface area contributed by atoms with Gasteiger partial charge in [0.25, 0.3) is 0 Å². The molecule has 5 heteroatoms. The van der Waals surface area contributed by atoms with Crippen LogP contribution < -0.4 is 4.90 Å². The molecule has 0 atom stereocenters. The zero-order chi connectivity index (χ0) is 13.0. The van der Waals surface area contributed by atoms with Crippen LogP contribution in [0, 0.1) is 0 Å². The van der Waals surface area contributed by atoms with E-state index in [-0.39, 0.29) is 0 Å². The molecular weight excluding hydrogens is 292 g/mol. The topological polar surface area (TPSA) is 22.6 Å². The number of hydrogen-bond acceptors (Lipinski definition) is 4. The normalized spacial score (nSPS) is 17.4. The summed E-state index contributed by atoms with van der Waals surface area (Å²) in [5, 5.41) is 0. The molecule has 1 aliphatic rings. The number of anilines is 1. The Morgan fingerprint density at radius 2 is 1.94 bits per heavy atom. The highest BCUT2D eigenvalue weighted by Crippen LogP contribution is 2.19. The maximum atomic E-state index is 4.23. The van der Waals surface area contributed by atoms with Crippen molar-refractivity contribution in [3.05, 3.63) is 22.9 Å². The highest BCUT2D eigenvalue weighted by Gasteiger charge is 2.17. The van der Waals surface area contributed by atoms with Gasteiger partial charge in [0, 0.05) is 49.9 Å². The van der Waals surface area contributed by atoms with E-state index >= 15 is 0 Å². The van der Waals surface area contributed by atoms with E-state index in [1.807, 2.05) is 12.4 Å². The van der Waals surface area contributed by atoms with Crippen LogP contribution in [0.15, 0.2) is 22.9 Å². The van der Waals surface area contributed by atoms with E-state index in [1.165, 1.54) is 5.69 Å². The lowest BCUT2D eigenvalue weighted by atomic mass is 10.2. The van der Waals surface area contributed by atoms with Crippen molar-refractivity contribution in [1.29, 1.82) is 0 Å². The molecule has 0 aromatic carbocycles. The van der Waals surface area contributed by atoms with Crippen molar-refractivity contribution in [3.63, 3.8) is 0 Å². The van der Waals surface area contributed by atoms with Crippen LogP contribution in [0.1, 0.15) is 0 Å². The Morgan fingerprint density at radius 3 is 2.56 bits per heavy atom. The van der Waals surface area contributed by atoms with Gasteiger partial charge in [0.1, 0.15) is 0 Å². The number of rotatable bonds is 4. The molecule has 0 saturated carbocycles. The maximum Gasteiger partial charge on any atom is 0.0564 e. The molecule has 4 nitrogen and oxygen atoms in total. The molecule has 0 N–H and O–H groups in total. The van der Waals surface area contributed by atoms with E-state index in [4.69, 9.17) is 0 Å². The Bertz CT molecular complexity index is 375. The van der Waals surface area contributed by atoms with Crippen LogP contribution in [-0.4, -0.2) is 68.1 Å². The zero-order valence-corrected chi connectivity index (χ0v) is 12.7. The smallest absolute Gasteiger partial charge is 0.0564 e. The number of likely N-dealkylation sites (N-methyl/N-ethyl adjacent to an activating group) is 1. The first-order valence-electron chi connectivity index (χ1n) is 6.38. The highest BCUT2D eigenvalue weighted by atomic mass is 79.9. The third kappa shape index (κ3) is 3.93.